The predicted octanol–water partition coefficient (Wildman–Crippen LogP) is 2.91. The van der Waals surface area contributed by atoms with Crippen LogP contribution in [0.15, 0.2) is 18.2 Å². The summed E-state index contributed by atoms with van der Waals surface area (Å²) in [7, 11) is 0. The molecule has 1 aromatic carbocycles. The van der Waals surface area contributed by atoms with E-state index in [0.29, 0.717) is 5.92 Å². The lowest BCUT2D eigenvalue weighted by atomic mass is 9.89. The van der Waals surface area contributed by atoms with Crippen molar-refractivity contribution in [2.75, 3.05) is 26.2 Å². The third-order valence-electron chi connectivity index (χ3n) is 4.14. The zero-order valence-electron chi connectivity index (χ0n) is 12.4. The smallest absolute Gasteiger partial charge is 0.165 e. The van der Waals surface area contributed by atoms with Crippen LogP contribution in [0.1, 0.15) is 38.3 Å². The molecule has 112 valence electrons. The van der Waals surface area contributed by atoms with Crippen molar-refractivity contribution >= 4 is 0 Å². The van der Waals surface area contributed by atoms with E-state index in [4.69, 9.17) is 0 Å². The molecule has 20 heavy (non-hydrogen) atoms. The molecule has 2 atom stereocenters. The number of aromatic hydroxyl groups is 1. The zero-order chi connectivity index (χ0) is 14.5. The van der Waals surface area contributed by atoms with Crippen LogP contribution in [0.25, 0.3) is 0 Å². The largest absolute Gasteiger partial charge is 0.505 e. The quantitative estimate of drug-likeness (QED) is 0.870. The maximum Gasteiger partial charge on any atom is 0.165 e. The van der Waals surface area contributed by atoms with Gasteiger partial charge in [0.1, 0.15) is 0 Å². The Morgan fingerprint density at radius 2 is 2.05 bits per heavy atom. The molecule has 4 heteroatoms. The minimum atomic E-state index is -0.522. The van der Waals surface area contributed by atoms with Gasteiger partial charge in [-0.15, -0.1) is 0 Å². The number of phenolic OH excluding ortho intramolecular Hbond substituents is 1. The summed E-state index contributed by atoms with van der Waals surface area (Å²) in [4.78, 5) is 2.43. The van der Waals surface area contributed by atoms with Gasteiger partial charge < -0.3 is 10.4 Å². The number of nitrogens with zero attached hydrogens (tertiary/aromatic N) is 1. The van der Waals surface area contributed by atoms with Gasteiger partial charge in [0, 0.05) is 32.2 Å². The van der Waals surface area contributed by atoms with E-state index >= 15 is 0 Å². The summed E-state index contributed by atoms with van der Waals surface area (Å²) in [5.41, 5.74) is 0.975. The van der Waals surface area contributed by atoms with Crippen LogP contribution >= 0.6 is 0 Å². The van der Waals surface area contributed by atoms with Crippen LogP contribution in [0.4, 0.5) is 4.39 Å². The molecule has 0 radical (unpaired) electrons. The number of rotatable bonds is 5. The van der Waals surface area contributed by atoms with Crippen molar-refractivity contribution in [3.63, 3.8) is 0 Å². The first-order chi connectivity index (χ1) is 9.63. The number of nitrogens with one attached hydrogen (secondary N) is 1. The summed E-state index contributed by atoms with van der Waals surface area (Å²) in [6, 6.07) is 5.05. The summed E-state index contributed by atoms with van der Waals surface area (Å²) < 4.78 is 13.7. The van der Waals surface area contributed by atoms with Crippen LogP contribution in [0.3, 0.4) is 0 Å². The molecule has 0 bridgehead atoms. The molecule has 1 aromatic rings. The zero-order valence-corrected chi connectivity index (χ0v) is 12.4. The summed E-state index contributed by atoms with van der Waals surface area (Å²) in [6.07, 6.45) is 2.25. The molecule has 0 amide bonds. The molecule has 0 spiro atoms. The molecule has 1 heterocycles. The van der Waals surface area contributed by atoms with Crippen LogP contribution in [-0.4, -0.2) is 36.2 Å². The average Bonchev–Trinajstić information content (AvgIpc) is 2.44. The van der Waals surface area contributed by atoms with Gasteiger partial charge in [0.05, 0.1) is 0 Å². The van der Waals surface area contributed by atoms with Crippen LogP contribution < -0.4 is 5.32 Å². The van der Waals surface area contributed by atoms with E-state index in [9.17, 15) is 9.50 Å². The van der Waals surface area contributed by atoms with Gasteiger partial charge in [-0.3, -0.25) is 4.90 Å². The summed E-state index contributed by atoms with van der Waals surface area (Å²) in [5.74, 6) is -0.315. The van der Waals surface area contributed by atoms with Crippen molar-refractivity contribution < 1.29 is 9.50 Å². The van der Waals surface area contributed by atoms with E-state index in [0.717, 1.165) is 44.6 Å². The molecule has 1 aliphatic rings. The molecule has 0 saturated carbocycles. The third kappa shape index (κ3) is 3.49. The monoisotopic (exact) mass is 280 g/mol. The summed E-state index contributed by atoms with van der Waals surface area (Å²) in [6.45, 7) is 8.36. The van der Waals surface area contributed by atoms with Crippen molar-refractivity contribution in [3.8, 4) is 5.75 Å². The van der Waals surface area contributed by atoms with Crippen LogP contribution in [0, 0.1) is 11.7 Å². The van der Waals surface area contributed by atoms with Crippen molar-refractivity contribution in [2.45, 2.75) is 32.7 Å². The Hall–Kier alpha value is -1.13. The van der Waals surface area contributed by atoms with Crippen molar-refractivity contribution in [2.24, 2.45) is 5.92 Å². The topological polar surface area (TPSA) is 35.5 Å². The highest BCUT2D eigenvalue weighted by atomic mass is 19.1. The van der Waals surface area contributed by atoms with Crippen LogP contribution in [0.2, 0.25) is 0 Å². The Morgan fingerprint density at radius 3 is 2.65 bits per heavy atom. The number of hydrogen-bond donors (Lipinski definition) is 2. The lowest BCUT2D eigenvalue weighted by Crippen LogP contribution is -2.46. The van der Waals surface area contributed by atoms with E-state index in [1.165, 1.54) is 12.1 Å². The molecule has 3 nitrogen and oxygen atoms in total. The first-order valence-electron chi connectivity index (χ1n) is 7.56. The minimum Gasteiger partial charge on any atom is -0.505 e. The fourth-order valence-electron chi connectivity index (χ4n) is 3.18. The van der Waals surface area contributed by atoms with Gasteiger partial charge in [-0.05, 0) is 30.0 Å². The van der Waals surface area contributed by atoms with E-state index in [1.807, 2.05) is 6.07 Å². The molecule has 1 aliphatic heterocycles. The first-order valence-corrected chi connectivity index (χ1v) is 7.56. The normalized spacial score (nSPS) is 19.8. The number of hydrogen-bond acceptors (Lipinski definition) is 3. The molecular formula is C16H25FN2O. The fraction of sp³-hybridized carbons (Fsp3) is 0.625. The van der Waals surface area contributed by atoms with Crippen molar-refractivity contribution in [1.29, 1.82) is 0 Å². The Balaban J connectivity index is 2.26. The number of halogens is 1. The molecular weight excluding hydrogens is 255 g/mol. The van der Waals surface area contributed by atoms with Gasteiger partial charge in [0.25, 0.3) is 0 Å². The Labute approximate surface area is 120 Å². The minimum absolute atomic E-state index is 0.229. The SMILES string of the molecule is CCCC(C)[C@H](c1ccc(O)c(F)c1)N1CCNCC1. The second kappa shape index (κ2) is 7.04. The molecule has 2 N–H and O–H groups in total. The van der Waals surface area contributed by atoms with Crippen molar-refractivity contribution in [3.05, 3.63) is 29.6 Å². The molecule has 1 unspecified atom stereocenters. The number of phenols is 1. The highest BCUT2D eigenvalue weighted by molar-refractivity contribution is 5.30. The maximum absolute atomic E-state index is 13.7. The average molecular weight is 280 g/mol. The first kappa shape index (κ1) is 15.3. The Bertz CT molecular complexity index is 432. The summed E-state index contributed by atoms with van der Waals surface area (Å²) in [5, 5.41) is 12.7. The number of benzene rings is 1. The second-order valence-corrected chi connectivity index (χ2v) is 5.71. The molecule has 0 aliphatic carbocycles. The molecule has 0 aromatic heterocycles. The van der Waals surface area contributed by atoms with Gasteiger partial charge in [-0.25, -0.2) is 4.39 Å². The Morgan fingerprint density at radius 1 is 1.35 bits per heavy atom. The van der Waals surface area contributed by atoms with Gasteiger partial charge >= 0.3 is 0 Å². The van der Waals surface area contributed by atoms with Gasteiger partial charge in [0.15, 0.2) is 11.6 Å². The standard InChI is InChI=1S/C16H25FN2O/c1-3-4-12(2)16(19-9-7-18-8-10-19)13-5-6-15(20)14(17)11-13/h5-6,11-12,16,18,20H,3-4,7-10H2,1-2H3/t12?,16-/m1/s1. The highest BCUT2D eigenvalue weighted by Gasteiger charge is 2.27. The van der Waals surface area contributed by atoms with Crippen molar-refractivity contribution in [1.82, 2.24) is 10.2 Å². The van der Waals surface area contributed by atoms with Gasteiger partial charge in [0.2, 0.25) is 0 Å². The molecule has 2 rings (SSSR count). The number of piperazine rings is 1. The molecule has 1 fully saturated rings. The highest BCUT2D eigenvalue weighted by Crippen LogP contribution is 2.33. The van der Waals surface area contributed by atoms with E-state index in [1.54, 1.807) is 0 Å². The fourth-order valence-corrected chi connectivity index (χ4v) is 3.18. The van der Waals surface area contributed by atoms with E-state index in [2.05, 4.69) is 24.1 Å². The van der Waals surface area contributed by atoms with Crippen LogP contribution in [-0.2, 0) is 0 Å². The molecule has 1 saturated heterocycles. The van der Waals surface area contributed by atoms with E-state index in [-0.39, 0.29) is 11.8 Å². The van der Waals surface area contributed by atoms with Crippen LogP contribution in [0.5, 0.6) is 5.75 Å². The predicted molar refractivity (Wildman–Crippen MR) is 79.3 cm³/mol. The maximum atomic E-state index is 13.7. The van der Waals surface area contributed by atoms with E-state index < -0.39 is 5.82 Å². The summed E-state index contributed by atoms with van der Waals surface area (Å²) >= 11 is 0. The van der Waals surface area contributed by atoms with Gasteiger partial charge in [-0.2, -0.15) is 0 Å². The lowest BCUT2D eigenvalue weighted by Gasteiger charge is -2.38. The lowest BCUT2D eigenvalue weighted by molar-refractivity contribution is 0.125. The Kier molecular flexibility index (Phi) is 5.38. The third-order valence-corrected chi connectivity index (χ3v) is 4.14. The second-order valence-electron chi connectivity index (χ2n) is 5.71. The van der Waals surface area contributed by atoms with Gasteiger partial charge in [-0.1, -0.05) is 26.3 Å².